The Balaban J connectivity index is 2.43. The lowest BCUT2D eigenvalue weighted by molar-refractivity contribution is 0.642. The molecule has 2 rings (SSSR count). The van der Waals surface area contributed by atoms with Gasteiger partial charge in [-0.05, 0) is 17.7 Å². The molecule has 20 heavy (non-hydrogen) atoms. The third-order valence-electron chi connectivity index (χ3n) is 2.35. The summed E-state index contributed by atoms with van der Waals surface area (Å²) < 4.78 is 0. The Bertz CT molecular complexity index is 616. The van der Waals surface area contributed by atoms with Gasteiger partial charge in [0.25, 0.3) is 5.95 Å². The van der Waals surface area contributed by atoms with Crippen molar-refractivity contribution in [2.75, 3.05) is 14.1 Å². The molecule has 1 aromatic heterocycles. The minimum Gasteiger partial charge on any atom is -0.369 e. The van der Waals surface area contributed by atoms with Crippen LogP contribution in [0.25, 0.3) is 11.1 Å². The summed E-state index contributed by atoms with van der Waals surface area (Å²) in [7, 11) is 3.68. The Morgan fingerprint density at radius 2 is 1.55 bits per heavy atom. The van der Waals surface area contributed by atoms with Crippen molar-refractivity contribution < 1.29 is 0 Å². The van der Waals surface area contributed by atoms with Gasteiger partial charge in [-0.25, -0.2) is 4.99 Å². The van der Waals surface area contributed by atoms with Crippen LogP contribution in [0.3, 0.4) is 0 Å². The number of benzene rings is 1. The molecular weight excluding hydrogens is 319 g/mol. The summed E-state index contributed by atoms with van der Waals surface area (Å²) in [5.41, 5.74) is 1.36. The smallest absolute Gasteiger partial charge is 0.253 e. The molecule has 0 aliphatic rings. The van der Waals surface area contributed by atoms with Crippen LogP contribution in [0.1, 0.15) is 0 Å². The van der Waals surface area contributed by atoms with Gasteiger partial charge in [-0.3, -0.25) is 0 Å². The van der Waals surface area contributed by atoms with E-state index in [9.17, 15) is 0 Å². The number of hydrogen-bond donors (Lipinski definition) is 0. The standard InChI is InChI=1S/C13H11Cl3N4/c1-20(2)7-17-13-18-11(15)10(12(16)19-13)8-3-5-9(14)6-4-8/h3-7H,1-2H3/b17-7+. The number of hydrogen-bond acceptors (Lipinski definition) is 3. The van der Waals surface area contributed by atoms with E-state index in [1.54, 1.807) is 23.4 Å². The molecule has 4 nitrogen and oxygen atoms in total. The van der Waals surface area contributed by atoms with Crippen LogP contribution in [0.4, 0.5) is 5.95 Å². The zero-order valence-electron chi connectivity index (χ0n) is 10.8. The lowest BCUT2D eigenvalue weighted by Crippen LogP contribution is -2.07. The van der Waals surface area contributed by atoms with Gasteiger partial charge in [0.05, 0.1) is 11.9 Å². The van der Waals surface area contributed by atoms with Crippen molar-refractivity contribution in [1.82, 2.24) is 14.9 Å². The summed E-state index contributed by atoms with van der Waals surface area (Å²) in [4.78, 5) is 14.1. The molecule has 0 unspecified atom stereocenters. The summed E-state index contributed by atoms with van der Waals surface area (Å²) in [6.45, 7) is 0. The lowest BCUT2D eigenvalue weighted by atomic mass is 10.1. The molecule has 0 radical (unpaired) electrons. The maximum Gasteiger partial charge on any atom is 0.253 e. The number of halogens is 3. The van der Waals surface area contributed by atoms with Gasteiger partial charge < -0.3 is 4.90 Å². The monoisotopic (exact) mass is 328 g/mol. The van der Waals surface area contributed by atoms with Gasteiger partial charge in [0.2, 0.25) is 0 Å². The molecular formula is C13H11Cl3N4. The number of rotatable bonds is 3. The third-order valence-corrected chi connectivity index (χ3v) is 3.14. The molecule has 0 aliphatic heterocycles. The molecule has 0 saturated carbocycles. The fourth-order valence-electron chi connectivity index (χ4n) is 1.48. The van der Waals surface area contributed by atoms with Gasteiger partial charge in [-0.2, -0.15) is 9.97 Å². The van der Waals surface area contributed by atoms with Gasteiger partial charge in [-0.1, -0.05) is 46.9 Å². The van der Waals surface area contributed by atoms with Gasteiger partial charge >= 0.3 is 0 Å². The second-order valence-electron chi connectivity index (χ2n) is 4.20. The summed E-state index contributed by atoms with van der Waals surface area (Å²) in [6, 6.07) is 7.12. The SMILES string of the molecule is CN(C)/C=N/c1nc(Cl)c(-c2ccc(Cl)cc2)c(Cl)n1. The summed E-state index contributed by atoms with van der Waals surface area (Å²) >= 11 is 18.2. The van der Waals surface area contributed by atoms with Crippen LogP contribution in [-0.2, 0) is 0 Å². The van der Waals surface area contributed by atoms with E-state index in [4.69, 9.17) is 34.8 Å². The zero-order chi connectivity index (χ0) is 14.7. The molecule has 104 valence electrons. The van der Waals surface area contributed by atoms with Crippen LogP contribution in [0, 0.1) is 0 Å². The van der Waals surface area contributed by atoms with E-state index in [0.29, 0.717) is 10.6 Å². The highest BCUT2D eigenvalue weighted by Crippen LogP contribution is 2.34. The maximum absolute atomic E-state index is 6.17. The molecule has 0 saturated heterocycles. The molecule has 0 atom stereocenters. The maximum atomic E-state index is 6.17. The second kappa shape index (κ2) is 6.39. The van der Waals surface area contributed by atoms with Crippen LogP contribution >= 0.6 is 34.8 Å². The van der Waals surface area contributed by atoms with Crippen molar-refractivity contribution in [2.24, 2.45) is 4.99 Å². The normalized spacial score (nSPS) is 11.1. The zero-order valence-corrected chi connectivity index (χ0v) is 13.1. The average Bonchev–Trinajstić information content (AvgIpc) is 2.38. The lowest BCUT2D eigenvalue weighted by Gasteiger charge is -2.07. The van der Waals surface area contributed by atoms with Gasteiger partial charge in [0, 0.05) is 19.1 Å². The highest BCUT2D eigenvalue weighted by molar-refractivity contribution is 6.38. The number of aliphatic imine (C=N–C) groups is 1. The Morgan fingerprint density at radius 1 is 1.00 bits per heavy atom. The van der Waals surface area contributed by atoms with Crippen molar-refractivity contribution in [1.29, 1.82) is 0 Å². The van der Waals surface area contributed by atoms with Crippen molar-refractivity contribution in [3.63, 3.8) is 0 Å². The second-order valence-corrected chi connectivity index (χ2v) is 5.35. The minimum absolute atomic E-state index is 0.214. The molecule has 1 aromatic carbocycles. The fourth-order valence-corrected chi connectivity index (χ4v) is 2.20. The third kappa shape index (κ3) is 3.60. The molecule has 7 heteroatoms. The van der Waals surface area contributed by atoms with Crippen molar-refractivity contribution >= 4 is 47.1 Å². The Hall–Kier alpha value is -1.36. The van der Waals surface area contributed by atoms with Crippen LogP contribution in [-0.4, -0.2) is 35.3 Å². The van der Waals surface area contributed by atoms with E-state index in [1.807, 2.05) is 26.2 Å². The van der Waals surface area contributed by atoms with Crippen LogP contribution < -0.4 is 0 Å². The van der Waals surface area contributed by atoms with Gasteiger partial charge in [-0.15, -0.1) is 0 Å². The highest BCUT2D eigenvalue weighted by atomic mass is 35.5. The predicted molar refractivity (Wildman–Crippen MR) is 84.3 cm³/mol. The molecule has 1 heterocycles. The van der Waals surface area contributed by atoms with E-state index < -0.39 is 0 Å². The topological polar surface area (TPSA) is 41.4 Å². The van der Waals surface area contributed by atoms with E-state index >= 15 is 0 Å². The Kier molecular flexibility index (Phi) is 4.81. The minimum atomic E-state index is 0.214. The van der Waals surface area contributed by atoms with Gasteiger partial charge in [0.1, 0.15) is 10.3 Å². The summed E-state index contributed by atoms with van der Waals surface area (Å²) in [6.07, 6.45) is 1.57. The first-order valence-electron chi connectivity index (χ1n) is 5.67. The first kappa shape index (κ1) is 15.0. The molecule has 2 aromatic rings. The average molecular weight is 330 g/mol. The Morgan fingerprint density at radius 3 is 2.05 bits per heavy atom. The van der Waals surface area contributed by atoms with Crippen molar-refractivity contribution in [2.45, 2.75) is 0 Å². The molecule has 0 aliphatic carbocycles. The van der Waals surface area contributed by atoms with Crippen molar-refractivity contribution in [3.8, 4) is 11.1 Å². The van der Waals surface area contributed by atoms with Gasteiger partial charge in [0.15, 0.2) is 0 Å². The number of aromatic nitrogens is 2. The first-order chi connectivity index (χ1) is 9.47. The quantitative estimate of drug-likeness (QED) is 0.478. The molecule has 0 N–H and O–H groups in total. The van der Waals surface area contributed by atoms with Crippen LogP contribution in [0.2, 0.25) is 15.3 Å². The molecule has 0 bridgehead atoms. The van der Waals surface area contributed by atoms with Crippen LogP contribution in [0.5, 0.6) is 0 Å². The van der Waals surface area contributed by atoms with E-state index in [-0.39, 0.29) is 16.3 Å². The molecule has 0 spiro atoms. The Labute approximate surface area is 132 Å². The van der Waals surface area contributed by atoms with E-state index in [1.165, 1.54) is 0 Å². The number of nitrogens with zero attached hydrogens (tertiary/aromatic N) is 4. The van der Waals surface area contributed by atoms with Crippen LogP contribution in [0.15, 0.2) is 29.3 Å². The summed E-state index contributed by atoms with van der Waals surface area (Å²) in [5.74, 6) is 0.214. The first-order valence-corrected chi connectivity index (χ1v) is 6.80. The van der Waals surface area contributed by atoms with E-state index in [2.05, 4.69) is 15.0 Å². The fraction of sp³-hybridized carbons (Fsp3) is 0.154. The largest absolute Gasteiger partial charge is 0.369 e. The highest BCUT2D eigenvalue weighted by Gasteiger charge is 2.13. The molecule has 0 fully saturated rings. The molecule has 0 amide bonds. The van der Waals surface area contributed by atoms with Crippen molar-refractivity contribution in [3.05, 3.63) is 39.6 Å². The predicted octanol–water partition coefficient (Wildman–Crippen LogP) is 4.33. The van der Waals surface area contributed by atoms with E-state index in [0.717, 1.165) is 5.56 Å². The summed E-state index contributed by atoms with van der Waals surface area (Å²) in [5, 5.41) is 1.13.